The number of rotatable bonds is 2. The number of aromatic nitrogens is 2. The molecule has 1 N–H and O–H groups in total. The number of carbonyl (C=O) groups is 2. The lowest BCUT2D eigenvalue weighted by Crippen LogP contribution is -2.21. The highest BCUT2D eigenvalue weighted by molar-refractivity contribution is 9.10. The third-order valence-electron chi connectivity index (χ3n) is 2.55. The molecule has 0 fully saturated rings. The van der Waals surface area contributed by atoms with Gasteiger partial charge in [0.25, 0.3) is 11.8 Å². The van der Waals surface area contributed by atoms with E-state index in [2.05, 4.69) is 47.1 Å². The fourth-order valence-corrected chi connectivity index (χ4v) is 2.20. The molecule has 2 aromatic heterocycles. The second kappa shape index (κ2) is 9.36. The first-order chi connectivity index (χ1) is 10.8. The van der Waals surface area contributed by atoms with E-state index in [0.29, 0.717) is 11.1 Å². The first-order valence-corrected chi connectivity index (χ1v) is 8.08. The zero-order valence-corrected chi connectivity index (χ0v) is 16.1. The molecule has 0 aromatic carbocycles. The Bertz CT molecular complexity index is 693. The van der Waals surface area contributed by atoms with E-state index in [4.69, 9.17) is 0 Å². The lowest BCUT2D eigenvalue weighted by atomic mass is 10.2. The molecule has 0 aliphatic carbocycles. The Kier molecular flexibility index (Phi) is 7.84. The van der Waals surface area contributed by atoms with Crippen molar-refractivity contribution < 1.29 is 9.59 Å². The molecule has 122 valence electrons. The monoisotopic (exact) mass is 442 g/mol. The molecule has 0 bridgehead atoms. The third kappa shape index (κ3) is 6.45. The largest absolute Gasteiger partial charge is 0.355 e. The summed E-state index contributed by atoms with van der Waals surface area (Å²) in [6.07, 6.45) is 6.34. The van der Waals surface area contributed by atoms with E-state index in [0.717, 1.165) is 8.95 Å². The zero-order chi connectivity index (χ0) is 17.4. The maximum absolute atomic E-state index is 11.4. The summed E-state index contributed by atoms with van der Waals surface area (Å²) in [5.74, 6) is -0.164. The minimum absolute atomic E-state index is 0.0381. The Hall–Kier alpha value is -1.80. The first kappa shape index (κ1) is 19.2. The number of carbonyl (C=O) groups excluding carboxylic acids is 2. The van der Waals surface area contributed by atoms with Crippen LogP contribution in [0.4, 0.5) is 0 Å². The highest BCUT2D eigenvalue weighted by atomic mass is 79.9. The van der Waals surface area contributed by atoms with Crippen molar-refractivity contribution in [3.8, 4) is 0 Å². The Morgan fingerprint density at radius 2 is 1.43 bits per heavy atom. The topological polar surface area (TPSA) is 75.2 Å². The molecule has 2 rings (SSSR count). The van der Waals surface area contributed by atoms with Gasteiger partial charge in [-0.2, -0.15) is 0 Å². The predicted molar refractivity (Wildman–Crippen MR) is 95.3 cm³/mol. The Morgan fingerprint density at radius 3 is 1.87 bits per heavy atom. The second-order valence-electron chi connectivity index (χ2n) is 4.56. The number of nitrogens with one attached hydrogen (secondary N) is 1. The lowest BCUT2D eigenvalue weighted by Gasteiger charge is -2.09. The molecule has 8 heteroatoms. The molecule has 0 unspecified atom stereocenters. The van der Waals surface area contributed by atoms with Crippen molar-refractivity contribution >= 4 is 43.7 Å². The van der Waals surface area contributed by atoms with Crippen LogP contribution >= 0.6 is 31.9 Å². The van der Waals surface area contributed by atoms with Crippen molar-refractivity contribution in [1.82, 2.24) is 20.2 Å². The molecule has 2 amide bonds. The quantitative estimate of drug-likeness (QED) is 0.774. The molecule has 0 saturated heterocycles. The van der Waals surface area contributed by atoms with Crippen LogP contribution in [0.1, 0.15) is 20.7 Å². The number of halogens is 2. The van der Waals surface area contributed by atoms with Crippen LogP contribution in [0.15, 0.2) is 45.9 Å². The van der Waals surface area contributed by atoms with E-state index in [9.17, 15) is 9.59 Å². The van der Waals surface area contributed by atoms with E-state index in [1.54, 1.807) is 51.9 Å². The highest BCUT2D eigenvalue weighted by Gasteiger charge is 2.07. The SMILES string of the molecule is CN(C)C(=O)c1cncc(Br)c1.CNC(=O)c1cncc(Br)c1. The van der Waals surface area contributed by atoms with Crippen molar-refractivity contribution in [2.75, 3.05) is 21.1 Å². The molecule has 0 radical (unpaired) electrons. The van der Waals surface area contributed by atoms with Gasteiger partial charge in [0, 0.05) is 54.9 Å². The van der Waals surface area contributed by atoms with E-state index in [1.807, 2.05) is 0 Å². The van der Waals surface area contributed by atoms with Gasteiger partial charge in [0.2, 0.25) is 0 Å². The van der Waals surface area contributed by atoms with E-state index in [1.165, 1.54) is 11.1 Å². The van der Waals surface area contributed by atoms with Crippen molar-refractivity contribution in [3.63, 3.8) is 0 Å². The summed E-state index contributed by atoms with van der Waals surface area (Å²) >= 11 is 6.46. The molecular weight excluding hydrogens is 428 g/mol. The van der Waals surface area contributed by atoms with Crippen LogP contribution < -0.4 is 5.32 Å². The van der Waals surface area contributed by atoms with E-state index < -0.39 is 0 Å². The van der Waals surface area contributed by atoms with Crippen LogP contribution in [-0.2, 0) is 0 Å². The number of nitrogens with zero attached hydrogens (tertiary/aromatic N) is 3. The molecule has 2 heterocycles. The standard InChI is InChI=1S/C8H9BrN2O.C7H7BrN2O/c1-11(2)8(12)6-3-7(9)5-10-4-6;1-9-7(11)5-2-6(8)4-10-3-5/h3-5H,1-2H3;2-4H,1H3,(H,9,11). The highest BCUT2D eigenvalue weighted by Crippen LogP contribution is 2.10. The molecule has 0 aliphatic rings. The number of hydrogen-bond donors (Lipinski definition) is 1. The van der Waals surface area contributed by atoms with Gasteiger partial charge in [-0.25, -0.2) is 0 Å². The molecule has 0 saturated carbocycles. The fourth-order valence-electron chi connectivity index (χ4n) is 1.47. The average Bonchev–Trinajstić information content (AvgIpc) is 2.54. The van der Waals surface area contributed by atoms with Crippen LogP contribution in [0.3, 0.4) is 0 Å². The van der Waals surface area contributed by atoms with Gasteiger partial charge in [0.05, 0.1) is 11.1 Å². The van der Waals surface area contributed by atoms with Crippen LogP contribution in [0.5, 0.6) is 0 Å². The van der Waals surface area contributed by atoms with Gasteiger partial charge in [-0.1, -0.05) is 0 Å². The normalized spacial score (nSPS) is 9.43. The summed E-state index contributed by atoms with van der Waals surface area (Å²) in [4.78, 5) is 31.6. The van der Waals surface area contributed by atoms with Crippen molar-refractivity contribution in [2.24, 2.45) is 0 Å². The summed E-state index contributed by atoms with van der Waals surface area (Å²) in [7, 11) is 5.01. The number of amides is 2. The second-order valence-corrected chi connectivity index (χ2v) is 6.39. The molecule has 0 atom stereocenters. The zero-order valence-electron chi connectivity index (χ0n) is 12.9. The fraction of sp³-hybridized carbons (Fsp3) is 0.200. The van der Waals surface area contributed by atoms with Gasteiger partial charge in [-0.05, 0) is 44.0 Å². The number of pyridine rings is 2. The van der Waals surface area contributed by atoms with E-state index in [-0.39, 0.29) is 11.8 Å². The van der Waals surface area contributed by atoms with Crippen LogP contribution in [0.25, 0.3) is 0 Å². The summed E-state index contributed by atoms with van der Waals surface area (Å²) < 4.78 is 1.62. The average molecular weight is 444 g/mol. The summed E-state index contributed by atoms with van der Waals surface area (Å²) in [6.45, 7) is 0. The van der Waals surface area contributed by atoms with Crippen LogP contribution in [0, 0.1) is 0 Å². The summed E-state index contributed by atoms with van der Waals surface area (Å²) in [5, 5.41) is 2.51. The van der Waals surface area contributed by atoms with Gasteiger partial charge < -0.3 is 10.2 Å². The predicted octanol–water partition coefficient (Wildman–Crippen LogP) is 2.75. The van der Waals surface area contributed by atoms with Crippen LogP contribution in [0.2, 0.25) is 0 Å². The Labute approximate surface area is 151 Å². The van der Waals surface area contributed by atoms with Gasteiger partial charge >= 0.3 is 0 Å². The molecule has 0 aliphatic heterocycles. The molecule has 0 spiro atoms. The Morgan fingerprint density at radius 1 is 0.957 bits per heavy atom. The molecular formula is C15H16Br2N4O2. The van der Waals surface area contributed by atoms with Crippen molar-refractivity contribution in [3.05, 3.63) is 57.0 Å². The summed E-state index contributed by atoms with van der Waals surface area (Å²) in [6, 6.07) is 3.46. The van der Waals surface area contributed by atoms with Crippen LogP contribution in [-0.4, -0.2) is 47.8 Å². The molecule has 23 heavy (non-hydrogen) atoms. The minimum Gasteiger partial charge on any atom is -0.355 e. The third-order valence-corrected chi connectivity index (χ3v) is 3.42. The molecule has 2 aromatic rings. The summed E-state index contributed by atoms with van der Waals surface area (Å²) in [5.41, 5.74) is 1.15. The molecule has 6 nitrogen and oxygen atoms in total. The smallest absolute Gasteiger partial charge is 0.254 e. The van der Waals surface area contributed by atoms with Gasteiger partial charge in [-0.15, -0.1) is 0 Å². The van der Waals surface area contributed by atoms with Crippen molar-refractivity contribution in [2.45, 2.75) is 0 Å². The van der Waals surface area contributed by atoms with Gasteiger partial charge in [-0.3, -0.25) is 19.6 Å². The van der Waals surface area contributed by atoms with Gasteiger partial charge in [0.15, 0.2) is 0 Å². The maximum Gasteiger partial charge on any atom is 0.254 e. The van der Waals surface area contributed by atoms with Crippen molar-refractivity contribution in [1.29, 1.82) is 0 Å². The van der Waals surface area contributed by atoms with Gasteiger partial charge in [0.1, 0.15) is 0 Å². The Balaban J connectivity index is 0.000000231. The maximum atomic E-state index is 11.4. The minimum atomic E-state index is -0.126. The van der Waals surface area contributed by atoms with E-state index >= 15 is 0 Å². The number of hydrogen-bond acceptors (Lipinski definition) is 4. The first-order valence-electron chi connectivity index (χ1n) is 6.50. The lowest BCUT2D eigenvalue weighted by molar-refractivity contribution is 0.0826.